The van der Waals surface area contributed by atoms with Crippen molar-refractivity contribution in [2.75, 3.05) is 10.6 Å². The number of hydrogen-bond acceptors (Lipinski definition) is 3. The van der Waals surface area contributed by atoms with Gasteiger partial charge >= 0.3 is 0 Å². The molecule has 2 N–H and O–H groups in total. The third-order valence-corrected chi connectivity index (χ3v) is 4.94. The summed E-state index contributed by atoms with van der Waals surface area (Å²) in [4.78, 5) is 16.6. The Morgan fingerprint density at radius 1 is 1.00 bits per heavy atom. The van der Waals surface area contributed by atoms with Gasteiger partial charge in [0, 0.05) is 11.6 Å². The van der Waals surface area contributed by atoms with Crippen LogP contribution in [-0.2, 0) is 4.79 Å². The highest BCUT2D eigenvalue weighted by molar-refractivity contribution is 6.42. The van der Waals surface area contributed by atoms with Gasteiger partial charge in [0.15, 0.2) is 0 Å². The minimum atomic E-state index is 0.0988. The van der Waals surface area contributed by atoms with Gasteiger partial charge in [-0.05, 0) is 43.2 Å². The summed E-state index contributed by atoms with van der Waals surface area (Å²) in [7, 11) is 0. The molecule has 0 bridgehead atoms. The van der Waals surface area contributed by atoms with Crippen molar-refractivity contribution in [3.63, 3.8) is 0 Å². The predicted molar refractivity (Wildman–Crippen MR) is 99.2 cm³/mol. The van der Waals surface area contributed by atoms with Crippen LogP contribution in [0.5, 0.6) is 0 Å². The molecule has 0 spiro atoms. The molecule has 0 saturated heterocycles. The fourth-order valence-corrected chi connectivity index (χ4v) is 3.17. The Hall–Kier alpha value is -1.78. The van der Waals surface area contributed by atoms with E-state index in [2.05, 4.69) is 15.6 Å². The van der Waals surface area contributed by atoms with Crippen molar-refractivity contribution in [3.8, 4) is 0 Å². The van der Waals surface area contributed by atoms with Crippen molar-refractivity contribution in [1.82, 2.24) is 4.98 Å². The number of anilines is 3. The highest BCUT2D eigenvalue weighted by Gasteiger charge is 2.21. The maximum absolute atomic E-state index is 12.2. The number of benzene rings is 1. The van der Waals surface area contributed by atoms with E-state index in [1.807, 2.05) is 18.2 Å². The van der Waals surface area contributed by atoms with Crippen molar-refractivity contribution >= 4 is 46.3 Å². The number of carbonyl (C=O) groups is 1. The second kappa shape index (κ2) is 7.86. The van der Waals surface area contributed by atoms with Gasteiger partial charge in [-0.3, -0.25) is 4.79 Å². The van der Waals surface area contributed by atoms with E-state index in [1.54, 1.807) is 18.3 Å². The Labute approximate surface area is 151 Å². The van der Waals surface area contributed by atoms with Crippen molar-refractivity contribution in [3.05, 3.63) is 46.6 Å². The normalized spacial score (nSPS) is 15.1. The van der Waals surface area contributed by atoms with E-state index in [0.717, 1.165) is 31.4 Å². The maximum atomic E-state index is 12.2. The molecule has 1 amide bonds. The van der Waals surface area contributed by atoms with Crippen LogP contribution in [0.1, 0.15) is 32.1 Å². The van der Waals surface area contributed by atoms with Gasteiger partial charge in [0.05, 0.1) is 21.9 Å². The van der Waals surface area contributed by atoms with Crippen LogP contribution >= 0.6 is 23.2 Å². The predicted octanol–water partition coefficient (Wildman–Crippen LogP) is 5.65. The molecule has 1 fully saturated rings. The van der Waals surface area contributed by atoms with Gasteiger partial charge in [-0.25, -0.2) is 4.98 Å². The molecule has 0 atom stereocenters. The van der Waals surface area contributed by atoms with Crippen LogP contribution in [0.3, 0.4) is 0 Å². The quantitative estimate of drug-likeness (QED) is 0.737. The van der Waals surface area contributed by atoms with Crippen LogP contribution in [0.25, 0.3) is 0 Å². The number of amides is 1. The average Bonchev–Trinajstić information content (AvgIpc) is 2.61. The first-order valence-electron chi connectivity index (χ1n) is 8.11. The third-order valence-electron chi connectivity index (χ3n) is 4.20. The van der Waals surface area contributed by atoms with Crippen LogP contribution in [0.4, 0.5) is 17.2 Å². The lowest BCUT2D eigenvalue weighted by molar-refractivity contribution is -0.120. The van der Waals surface area contributed by atoms with Gasteiger partial charge in [-0.1, -0.05) is 42.5 Å². The topological polar surface area (TPSA) is 54.0 Å². The first kappa shape index (κ1) is 17.1. The molecule has 1 aromatic heterocycles. The number of nitrogens with one attached hydrogen (secondary N) is 2. The zero-order chi connectivity index (χ0) is 16.9. The Morgan fingerprint density at radius 2 is 1.75 bits per heavy atom. The number of nitrogens with zero attached hydrogens (tertiary/aromatic N) is 1. The summed E-state index contributed by atoms with van der Waals surface area (Å²) in [5.41, 5.74) is 1.51. The van der Waals surface area contributed by atoms with Crippen LogP contribution < -0.4 is 10.6 Å². The number of rotatable bonds is 4. The van der Waals surface area contributed by atoms with Crippen molar-refractivity contribution in [1.29, 1.82) is 0 Å². The van der Waals surface area contributed by atoms with Crippen LogP contribution in [0.15, 0.2) is 36.5 Å². The van der Waals surface area contributed by atoms with Crippen molar-refractivity contribution in [2.24, 2.45) is 5.92 Å². The summed E-state index contributed by atoms with van der Waals surface area (Å²) in [5, 5.41) is 7.09. The molecule has 2 aromatic rings. The third kappa shape index (κ3) is 4.40. The molecular weight excluding hydrogens is 345 g/mol. The Bertz CT molecular complexity index is 713. The molecule has 1 aliphatic carbocycles. The molecule has 3 rings (SSSR count). The molecule has 1 aromatic carbocycles. The Morgan fingerprint density at radius 3 is 2.42 bits per heavy atom. The molecule has 1 aliphatic rings. The molecule has 0 radical (unpaired) electrons. The summed E-state index contributed by atoms with van der Waals surface area (Å²) in [6.07, 6.45) is 7.14. The summed E-state index contributed by atoms with van der Waals surface area (Å²) < 4.78 is 0. The molecule has 4 nitrogen and oxygen atoms in total. The molecular formula is C18H19Cl2N3O. The van der Waals surface area contributed by atoms with E-state index < -0.39 is 0 Å². The Balaban J connectivity index is 1.60. The smallest absolute Gasteiger partial charge is 0.227 e. The molecule has 0 unspecified atom stereocenters. The minimum Gasteiger partial charge on any atom is -0.340 e. The lowest BCUT2D eigenvalue weighted by atomic mass is 9.88. The first-order chi connectivity index (χ1) is 11.6. The van der Waals surface area contributed by atoms with E-state index in [9.17, 15) is 4.79 Å². The number of carbonyl (C=O) groups excluding carboxylic acids is 1. The lowest BCUT2D eigenvalue weighted by Gasteiger charge is -2.20. The van der Waals surface area contributed by atoms with Gasteiger partial charge in [-0.15, -0.1) is 0 Å². The molecule has 1 heterocycles. The zero-order valence-corrected chi connectivity index (χ0v) is 14.7. The fraction of sp³-hybridized carbons (Fsp3) is 0.333. The van der Waals surface area contributed by atoms with Crippen molar-refractivity contribution in [2.45, 2.75) is 32.1 Å². The molecule has 0 aliphatic heterocycles. The minimum absolute atomic E-state index is 0.0988. The molecule has 1 saturated carbocycles. The summed E-state index contributed by atoms with van der Waals surface area (Å²) in [6, 6.07) is 8.95. The van der Waals surface area contributed by atoms with Gasteiger partial charge in [0.1, 0.15) is 5.82 Å². The maximum Gasteiger partial charge on any atom is 0.227 e. The van der Waals surface area contributed by atoms with Gasteiger partial charge in [-0.2, -0.15) is 0 Å². The summed E-state index contributed by atoms with van der Waals surface area (Å²) in [5.74, 6) is 0.901. The van der Waals surface area contributed by atoms with Crippen LogP contribution in [0.2, 0.25) is 10.0 Å². The number of pyridine rings is 1. The monoisotopic (exact) mass is 363 g/mol. The zero-order valence-electron chi connectivity index (χ0n) is 13.2. The van der Waals surface area contributed by atoms with Gasteiger partial charge < -0.3 is 10.6 Å². The van der Waals surface area contributed by atoms with Crippen molar-refractivity contribution < 1.29 is 4.79 Å². The van der Waals surface area contributed by atoms with E-state index in [0.29, 0.717) is 21.6 Å². The molecule has 126 valence electrons. The average molecular weight is 364 g/mol. The summed E-state index contributed by atoms with van der Waals surface area (Å²) in [6.45, 7) is 0. The Kier molecular flexibility index (Phi) is 5.59. The standard InChI is InChI=1S/C18H19Cl2N3O/c19-15-8-6-13(10-16(15)20)22-17-9-7-14(11-21-17)23-18(24)12-4-2-1-3-5-12/h6-12H,1-5H2,(H,21,22)(H,23,24). The number of aromatic nitrogens is 1. The van der Waals surface area contributed by atoms with E-state index in [1.165, 1.54) is 6.42 Å². The SMILES string of the molecule is O=C(Nc1ccc(Nc2ccc(Cl)c(Cl)c2)nc1)C1CCCCC1. The van der Waals surface area contributed by atoms with Gasteiger partial charge in [0.2, 0.25) is 5.91 Å². The lowest BCUT2D eigenvalue weighted by Crippen LogP contribution is -2.24. The largest absolute Gasteiger partial charge is 0.340 e. The van der Waals surface area contributed by atoms with Crippen LogP contribution in [-0.4, -0.2) is 10.9 Å². The highest BCUT2D eigenvalue weighted by atomic mass is 35.5. The fourth-order valence-electron chi connectivity index (χ4n) is 2.87. The number of halogens is 2. The number of hydrogen-bond donors (Lipinski definition) is 2. The second-order valence-electron chi connectivity index (χ2n) is 6.01. The molecule has 24 heavy (non-hydrogen) atoms. The van der Waals surface area contributed by atoms with Crippen LogP contribution in [0, 0.1) is 5.92 Å². The molecule has 6 heteroatoms. The summed E-state index contributed by atoms with van der Waals surface area (Å²) >= 11 is 11.9. The first-order valence-corrected chi connectivity index (χ1v) is 8.86. The van der Waals surface area contributed by atoms with Gasteiger partial charge in [0.25, 0.3) is 0 Å². The van der Waals surface area contributed by atoms with E-state index >= 15 is 0 Å². The van der Waals surface area contributed by atoms with E-state index in [-0.39, 0.29) is 11.8 Å². The van der Waals surface area contributed by atoms with E-state index in [4.69, 9.17) is 23.2 Å². The highest BCUT2D eigenvalue weighted by Crippen LogP contribution is 2.27. The second-order valence-corrected chi connectivity index (χ2v) is 6.82.